The Kier molecular flexibility index (Phi) is 9.00. The molecule has 0 spiro atoms. The first kappa shape index (κ1) is 18.1. The Bertz CT molecular complexity index is 395. The average molecular weight is 282 g/mol. The number of ether oxygens (including phenoxy) is 2. The average Bonchev–Trinajstić information content (AvgIpc) is 2.40. The molecule has 1 unspecified atom stereocenters. The SMILES string of the molecule is C=C/C(C)=C/CCC(C(=O)COC(C)=O)C(=O)OCC. The van der Waals surface area contributed by atoms with Crippen molar-refractivity contribution >= 4 is 17.7 Å². The first-order valence-corrected chi connectivity index (χ1v) is 6.54. The van der Waals surface area contributed by atoms with Crippen LogP contribution in [-0.4, -0.2) is 30.9 Å². The summed E-state index contributed by atoms with van der Waals surface area (Å²) in [4.78, 5) is 34.3. The van der Waals surface area contributed by atoms with Gasteiger partial charge in [-0.15, -0.1) is 0 Å². The van der Waals surface area contributed by atoms with Crippen molar-refractivity contribution < 1.29 is 23.9 Å². The van der Waals surface area contributed by atoms with Gasteiger partial charge in [0.2, 0.25) is 0 Å². The highest BCUT2D eigenvalue weighted by atomic mass is 16.5. The third-order valence-corrected chi connectivity index (χ3v) is 2.62. The Morgan fingerprint density at radius 3 is 2.35 bits per heavy atom. The molecular formula is C15H22O5. The lowest BCUT2D eigenvalue weighted by Gasteiger charge is -2.13. The fourth-order valence-corrected chi connectivity index (χ4v) is 1.49. The van der Waals surface area contributed by atoms with Crippen LogP contribution in [0, 0.1) is 5.92 Å². The van der Waals surface area contributed by atoms with Gasteiger partial charge >= 0.3 is 11.9 Å². The van der Waals surface area contributed by atoms with Crippen LogP contribution in [0.3, 0.4) is 0 Å². The van der Waals surface area contributed by atoms with E-state index < -0.39 is 30.2 Å². The Morgan fingerprint density at radius 1 is 1.20 bits per heavy atom. The Labute approximate surface area is 119 Å². The number of rotatable bonds is 9. The molecule has 0 fully saturated rings. The molecule has 0 aliphatic heterocycles. The van der Waals surface area contributed by atoms with Crippen LogP contribution in [0.15, 0.2) is 24.3 Å². The van der Waals surface area contributed by atoms with E-state index >= 15 is 0 Å². The first-order chi connectivity index (χ1) is 9.42. The second-order valence-electron chi connectivity index (χ2n) is 4.28. The Hall–Kier alpha value is -1.91. The molecule has 0 aliphatic carbocycles. The summed E-state index contributed by atoms with van der Waals surface area (Å²) in [6, 6.07) is 0. The van der Waals surface area contributed by atoms with Crippen molar-refractivity contribution in [3.05, 3.63) is 24.3 Å². The van der Waals surface area contributed by atoms with E-state index in [0.717, 1.165) is 5.57 Å². The summed E-state index contributed by atoms with van der Waals surface area (Å²) >= 11 is 0. The Balaban J connectivity index is 4.63. The van der Waals surface area contributed by atoms with Gasteiger partial charge in [0, 0.05) is 6.92 Å². The summed E-state index contributed by atoms with van der Waals surface area (Å²) in [5.41, 5.74) is 0.972. The van der Waals surface area contributed by atoms with Crippen LogP contribution in [0.5, 0.6) is 0 Å². The predicted molar refractivity (Wildman–Crippen MR) is 75.0 cm³/mol. The van der Waals surface area contributed by atoms with E-state index in [2.05, 4.69) is 11.3 Å². The molecule has 0 bridgehead atoms. The van der Waals surface area contributed by atoms with Crippen LogP contribution < -0.4 is 0 Å². The minimum absolute atomic E-state index is 0.206. The molecule has 5 nitrogen and oxygen atoms in total. The summed E-state index contributed by atoms with van der Waals surface area (Å²) in [6.07, 6.45) is 4.45. The van der Waals surface area contributed by atoms with Gasteiger partial charge in [0.1, 0.15) is 5.92 Å². The zero-order valence-corrected chi connectivity index (χ0v) is 12.3. The second-order valence-corrected chi connectivity index (χ2v) is 4.28. The standard InChI is InChI=1S/C15H22O5/c1-5-11(3)8-7-9-13(15(18)19-6-2)14(17)10-20-12(4)16/h5,8,13H,1,6-7,9-10H2,2-4H3/b11-8+. The highest BCUT2D eigenvalue weighted by Crippen LogP contribution is 2.13. The summed E-state index contributed by atoms with van der Waals surface area (Å²) < 4.78 is 9.51. The number of carbonyl (C=O) groups is 3. The summed E-state index contributed by atoms with van der Waals surface area (Å²) in [5, 5.41) is 0. The third kappa shape index (κ3) is 7.51. The fourth-order valence-electron chi connectivity index (χ4n) is 1.49. The van der Waals surface area contributed by atoms with E-state index in [-0.39, 0.29) is 6.61 Å². The third-order valence-electron chi connectivity index (χ3n) is 2.62. The molecule has 0 aliphatic rings. The Morgan fingerprint density at radius 2 is 1.85 bits per heavy atom. The van der Waals surface area contributed by atoms with Gasteiger partial charge in [-0.05, 0) is 26.7 Å². The van der Waals surface area contributed by atoms with Gasteiger partial charge in [-0.1, -0.05) is 24.3 Å². The van der Waals surface area contributed by atoms with Gasteiger partial charge in [0.15, 0.2) is 12.4 Å². The number of esters is 2. The van der Waals surface area contributed by atoms with Gasteiger partial charge in [-0.3, -0.25) is 14.4 Å². The van der Waals surface area contributed by atoms with Crippen LogP contribution in [0.4, 0.5) is 0 Å². The molecular weight excluding hydrogens is 260 g/mol. The predicted octanol–water partition coefficient (Wildman–Crippen LogP) is 2.21. The number of hydrogen-bond acceptors (Lipinski definition) is 5. The zero-order valence-electron chi connectivity index (χ0n) is 12.3. The molecule has 0 aromatic heterocycles. The summed E-state index contributed by atoms with van der Waals surface area (Å²) in [7, 11) is 0. The van der Waals surface area contributed by atoms with Crippen molar-refractivity contribution in [1.29, 1.82) is 0 Å². The van der Waals surface area contributed by atoms with Crippen LogP contribution in [0.25, 0.3) is 0 Å². The van der Waals surface area contributed by atoms with Gasteiger partial charge < -0.3 is 9.47 Å². The van der Waals surface area contributed by atoms with Crippen LogP contribution in [-0.2, 0) is 23.9 Å². The van der Waals surface area contributed by atoms with Crippen molar-refractivity contribution in [2.75, 3.05) is 13.2 Å². The van der Waals surface area contributed by atoms with Gasteiger partial charge in [0.25, 0.3) is 0 Å². The lowest BCUT2D eigenvalue weighted by atomic mass is 9.98. The number of hydrogen-bond donors (Lipinski definition) is 0. The maximum Gasteiger partial charge on any atom is 0.316 e. The summed E-state index contributed by atoms with van der Waals surface area (Å²) in [6.45, 7) is 8.20. The van der Waals surface area contributed by atoms with Crippen LogP contribution >= 0.6 is 0 Å². The topological polar surface area (TPSA) is 69.7 Å². The number of carbonyl (C=O) groups excluding carboxylic acids is 3. The fraction of sp³-hybridized carbons (Fsp3) is 0.533. The normalized spacial score (nSPS) is 12.4. The number of Topliss-reactive ketones (excluding diaryl/α,β-unsaturated/α-hetero) is 1. The van der Waals surface area contributed by atoms with Crippen molar-refractivity contribution in [3.8, 4) is 0 Å². The quantitative estimate of drug-likeness (QED) is 0.368. The molecule has 0 radical (unpaired) electrons. The van der Waals surface area contributed by atoms with Crippen molar-refractivity contribution in [2.45, 2.75) is 33.6 Å². The molecule has 1 atom stereocenters. The number of allylic oxidation sites excluding steroid dienone is 3. The molecule has 5 heteroatoms. The van der Waals surface area contributed by atoms with E-state index in [0.29, 0.717) is 12.8 Å². The maximum absolute atomic E-state index is 11.9. The van der Waals surface area contributed by atoms with Crippen LogP contribution in [0.1, 0.15) is 33.6 Å². The molecule has 0 aromatic rings. The highest BCUT2D eigenvalue weighted by molar-refractivity contribution is 6.00. The highest BCUT2D eigenvalue weighted by Gasteiger charge is 2.27. The minimum atomic E-state index is -0.900. The molecule has 0 aromatic carbocycles. The molecule has 0 rings (SSSR count). The lowest BCUT2D eigenvalue weighted by Crippen LogP contribution is -2.29. The van der Waals surface area contributed by atoms with E-state index in [9.17, 15) is 14.4 Å². The van der Waals surface area contributed by atoms with Crippen molar-refractivity contribution in [1.82, 2.24) is 0 Å². The molecule has 0 saturated heterocycles. The molecule has 0 amide bonds. The molecule has 0 saturated carbocycles. The minimum Gasteiger partial charge on any atom is -0.465 e. The molecule has 112 valence electrons. The van der Waals surface area contributed by atoms with Gasteiger partial charge in [0.05, 0.1) is 6.61 Å². The van der Waals surface area contributed by atoms with Crippen molar-refractivity contribution in [2.24, 2.45) is 5.92 Å². The summed E-state index contributed by atoms with van der Waals surface area (Å²) in [5.74, 6) is -2.47. The number of ketones is 1. The lowest BCUT2D eigenvalue weighted by molar-refractivity contribution is -0.156. The maximum atomic E-state index is 11.9. The van der Waals surface area contributed by atoms with Crippen LogP contribution in [0.2, 0.25) is 0 Å². The first-order valence-electron chi connectivity index (χ1n) is 6.54. The zero-order chi connectivity index (χ0) is 15.5. The van der Waals surface area contributed by atoms with Crippen molar-refractivity contribution in [3.63, 3.8) is 0 Å². The van der Waals surface area contributed by atoms with Gasteiger partial charge in [-0.2, -0.15) is 0 Å². The van der Waals surface area contributed by atoms with E-state index in [1.807, 2.05) is 13.0 Å². The second kappa shape index (κ2) is 9.95. The van der Waals surface area contributed by atoms with E-state index in [4.69, 9.17) is 4.74 Å². The largest absolute Gasteiger partial charge is 0.465 e. The molecule has 20 heavy (non-hydrogen) atoms. The van der Waals surface area contributed by atoms with Gasteiger partial charge in [-0.25, -0.2) is 0 Å². The van der Waals surface area contributed by atoms with E-state index in [1.165, 1.54) is 6.92 Å². The van der Waals surface area contributed by atoms with E-state index in [1.54, 1.807) is 13.0 Å². The monoisotopic (exact) mass is 282 g/mol. The smallest absolute Gasteiger partial charge is 0.316 e. The molecule has 0 heterocycles. The molecule has 0 N–H and O–H groups in total.